The number of carbonyl (C=O) groups excluding carboxylic acids is 1. The van der Waals surface area contributed by atoms with Crippen molar-refractivity contribution in [2.24, 2.45) is 0 Å². The van der Waals surface area contributed by atoms with Crippen LogP contribution < -0.4 is 15.1 Å². The third-order valence-corrected chi connectivity index (χ3v) is 7.67. The van der Waals surface area contributed by atoms with Crippen LogP contribution in [0.3, 0.4) is 0 Å². The zero-order valence-electron chi connectivity index (χ0n) is 21.0. The molecule has 0 aliphatic carbocycles. The maximum Gasteiger partial charge on any atom is 0.251 e. The minimum Gasteiger partial charge on any atom is -0.375 e. The van der Waals surface area contributed by atoms with Crippen molar-refractivity contribution in [2.45, 2.75) is 44.9 Å². The molecule has 1 N–H and O–H groups in total. The van der Waals surface area contributed by atoms with Crippen molar-refractivity contribution in [3.8, 4) is 6.07 Å². The number of hydrogen-bond donors (Lipinski definition) is 1. The molecule has 0 bridgehead atoms. The number of nitrogens with zero attached hydrogens (tertiary/aromatic N) is 5. The Hall–Kier alpha value is -3.96. The zero-order chi connectivity index (χ0) is 25.4. The van der Waals surface area contributed by atoms with E-state index in [2.05, 4.69) is 50.4 Å². The Morgan fingerprint density at radius 1 is 1.11 bits per heavy atom. The van der Waals surface area contributed by atoms with Gasteiger partial charge >= 0.3 is 0 Å². The number of fused-ring (bicyclic) bond motifs is 2. The van der Waals surface area contributed by atoms with E-state index in [-0.39, 0.29) is 5.91 Å². The molecule has 0 radical (unpaired) electrons. The van der Waals surface area contributed by atoms with Crippen LogP contribution >= 0.6 is 0 Å². The number of aromatic nitrogens is 2. The van der Waals surface area contributed by atoms with Crippen molar-refractivity contribution in [1.29, 1.82) is 5.26 Å². The molecule has 5 heterocycles. The Balaban J connectivity index is 1.14. The summed E-state index contributed by atoms with van der Waals surface area (Å²) in [5.41, 5.74) is 4.91. The topological polar surface area (TPSA) is 94.4 Å². The van der Waals surface area contributed by atoms with Crippen molar-refractivity contribution < 1.29 is 9.53 Å². The van der Waals surface area contributed by atoms with E-state index in [4.69, 9.17) is 9.72 Å². The highest BCUT2D eigenvalue weighted by atomic mass is 16.5. The molecule has 1 fully saturated rings. The third kappa shape index (κ3) is 4.51. The Morgan fingerprint density at radius 3 is 2.73 bits per heavy atom. The van der Waals surface area contributed by atoms with Gasteiger partial charge in [-0.2, -0.15) is 5.26 Å². The van der Waals surface area contributed by atoms with Gasteiger partial charge in [0.2, 0.25) is 0 Å². The van der Waals surface area contributed by atoms with E-state index in [1.807, 2.05) is 25.3 Å². The summed E-state index contributed by atoms with van der Waals surface area (Å²) in [4.78, 5) is 27.1. The number of amides is 1. The SMILES string of the molecule is C[C@@]1(C#N)COCc2ccc(C(=O)NCc3cc4c(cn3)CCN(c3cccc(N5CCC5)n3)C4)cc21. The number of rotatable bonds is 5. The highest BCUT2D eigenvalue weighted by molar-refractivity contribution is 5.94. The van der Waals surface area contributed by atoms with Crippen LogP contribution in [0, 0.1) is 11.3 Å². The summed E-state index contributed by atoms with van der Waals surface area (Å²) in [5, 5.41) is 12.7. The standard InChI is InChI=1S/C29H30N6O2/c1-29(18-30)19-37-17-22-7-6-20(13-25(22)29)28(36)32-15-24-12-23-16-35(11-8-21(23)14-31-24)27-5-2-4-26(33-27)34-9-3-10-34/h2,4-7,12-14H,3,8-11,15-17,19H2,1H3,(H,32,36)/t29-/m1/s1. The number of benzene rings is 1. The molecule has 0 unspecified atom stereocenters. The van der Waals surface area contributed by atoms with Gasteiger partial charge in [0.25, 0.3) is 5.91 Å². The quantitative estimate of drug-likeness (QED) is 0.580. The molecule has 1 atom stereocenters. The van der Waals surface area contributed by atoms with Gasteiger partial charge in [0.1, 0.15) is 17.1 Å². The average Bonchev–Trinajstić information content (AvgIpc) is 2.90. The largest absolute Gasteiger partial charge is 0.375 e. The molecule has 8 nitrogen and oxygen atoms in total. The highest BCUT2D eigenvalue weighted by Gasteiger charge is 2.33. The molecule has 1 amide bonds. The van der Waals surface area contributed by atoms with Crippen LogP contribution in [0.25, 0.3) is 0 Å². The minimum atomic E-state index is -0.751. The van der Waals surface area contributed by atoms with Gasteiger partial charge in [-0.3, -0.25) is 9.78 Å². The number of ether oxygens (including phenoxy) is 1. The third-order valence-electron chi connectivity index (χ3n) is 7.67. The summed E-state index contributed by atoms with van der Waals surface area (Å²) in [6, 6.07) is 16.2. The van der Waals surface area contributed by atoms with E-state index in [1.165, 1.54) is 17.5 Å². The summed E-state index contributed by atoms with van der Waals surface area (Å²) in [5.74, 6) is 1.88. The average molecular weight is 495 g/mol. The zero-order valence-corrected chi connectivity index (χ0v) is 21.0. The van der Waals surface area contributed by atoms with Gasteiger partial charge in [-0.15, -0.1) is 0 Å². The summed E-state index contributed by atoms with van der Waals surface area (Å²) in [6.07, 6.45) is 4.09. The lowest BCUT2D eigenvalue weighted by atomic mass is 9.79. The molecular weight excluding hydrogens is 464 g/mol. The molecule has 0 spiro atoms. The summed E-state index contributed by atoms with van der Waals surface area (Å²) in [7, 11) is 0. The summed E-state index contributed by atoms with van der Waals surface area (Å²) >= 11 is 0. The van der Waals surface area contributed by atoms with Crippen molar-refractivity contribution >= 4 is 17.5 Å². The van der Waals surface area contributed by atoms with Gasteiger partial charge < -0.3 is 19.9 Å². The van der Waals surface area contributed by atoms with E-state index in [0.717, 1.165) is 61.1 Å². The normalized spacial score (nSPS) is 20.3. The predicted molar refractivity (Wildman–Crippen MR) is 140 cm³/mol. The lowest BCUT2D eigenvalue weighted by Gasteiger charge is -2.34. The molecule has 0 saturated carbocycles. The summed E-state index contributed by atoms with van der Waals surface area (Å²) < 4.78 is 5.57. The highest BCUT2D eigenvalue weighted by Crippen LogP contribution is 2.32. The molecule has 3 aliphatic heterocycles. The Kier molecular flexibility index (Phi) is 6.01. The first-order chi connectivity index (χ1) is 18.0. The lowest BCUT2D eigenvalue weighted by Crippen LogP contribution is -2.38. The second-order valence-corrected chi connectivity index (χ2v) is 10.3. The second kappa shape index (κ2) is 9.49. The van der Waals surface area contributed by atoms with Crippen molar-refractivity contribution in [2.75, 3.05) is 36.0 Å². The fourth-order valence-corrected chi connectivity index (χ4v) is 5.25. The van der Waals surface area contributed by atoms with Gasteiger partial charge in [-0.25, -0.2) is 4.98 Å². The van der Waals surface area contributed by atoms with Crippen LogP contribution in [0.15, 0.2) is 48.7 Å². The predicted octanol–water partition coefficient (Wildman–Crippen LogP) is 3.49. The molecule has 1 aromatic carbocycles. The van der Waals surface area contributed by atoms with Crippen LogP contribution in [-0.4, -0.2) is 42.1 Å². The van der Waals surface area contributed by atoms with Crippen molar-refractivity contribution in [1.82, 2.24) is 15.3 Å². The molecule has 8 heteroatoms. The summed E-state index contributed by atoms with van der Waals surface area (Å²) in [6.45, 7) is 6.82. The van der Waals surface area contributed by atoms with Crippen LogP contribution in [0.4, 0.5) is 11.6 Å². The molecule has 2 aromatic heterocycles. The minimum absolute atomic E-state index is 0.178. The van der Waals surface area contributed by atoms with Crippen molar-refractivity contribution in [3.05, 3.63) is 82.2 Å². The monoisotopic (exact) mass is 494 g/mol. The van der Waals surface area contributed by atoms with Crippen LogP contribution in [0.1, 0.15) is 51.7 Å². The molecule has 188 valence electrons. The van der Waals surface area contributed by atoms with Gasteiger partial charge in [-0.1, -0.05) is 12.1 Å². The molecule has 6 rings (SSSR count). The lowest BCUT2D eigenvalue weighted by molar-refractivity contribution is 0.0757. The van der Waals surface area contributed by atoms with Crippen LogP contribution in [-0.2, 0) is 36.3 Å². The maximum atomic E-state index is 13.0. The van der Waals surface area contributed by atoms with E-state index < -0.39 is 5.41 Å². The number of nitriles is 1. The number of pyridine rings is 2. The first kappa shape index (κ1) is 23.4. The first-order valence-corrected chi connectivity index (χ1v) is 12.9. The number of hydrogen-bond acceptors (Lipinski definition) is 7. The van der Waals surface area contributed by atoms with E-state index in [9.17, 15) is 10.1 Å². The fourth-order valence-electron chi connectivity index (χ4n) is 5.25. The molecular formula is C29H30N6O2. The Morgan fingerprint density at radius 2 is 1.95 bits per heavy atom. The van der Waals surface area contributed by atoms with Crippen molar-refractivity contribution in [3.63, 3.8) is 0 Å². The smallest absolute Gasteiger partial charge is 0.251 e. The van der Waals surface area contributed by atoms with E-state index in [1.54, 1.807) is 6.07 Å². The molecule has 37 heavy (non-hydrogen) atoms. The maximum absolute atomic E-state index is 13.0. The van der Waals surface area contributed by atoms with Crippen LogP contribution in [0.5, 0.6) is 0 Å². The Labute approximate surface area is 216 Å². The Bertz CT molecular complexity index is 1400. The number of anilines is 2. The molecule has 1 saturated heterocycles. The van der Waals surface area contributed by atoms with Gasteiger partial charge in [0.05, 0.1) is 31.5 Å². The second-order valence-electron chi connectivity index (χ2n) is 10.3. The molecule has 3 aliphatic rings. The number of nitrogens with one attached hydrogen (secondary N) is 1. The fraction of sp³-hybridized carbons (Fsp3) is 0.379. The first-order valence-electron chi connectivity index (χ1n) is 12.9. The van der Waals surface area contributed by atoms with E-state index in [0.29, 0.717) is 25.3 Å². The number of carbonyl (C=O) groups is 1. The molecule has 3 aromatic rings. The van der Waals surface area contributed by atoms with Crippen LogP contribution in [0.2, 0.25) is 0 Å². The van der Waals surface area contributed by atoms with E-state index >= 15 is 0 Å². The van der Waals surface area contributed by atoms with Gasteiger partial charge in [0.15, 0.2) is 0 Å². The van der Waals surface area contributed by atoms with Gasteiger partial charge in [-0.05, 0) is 72.4 Å². The van der Waals surface area contributed by atoms with Gasteiger partial charge in [0, 0.05) is 37.9 Å².